The highest BCUT2D eigenvalue weighted by Gasteiger charge is 2.18. The lowest BCUT2D eigenvalue weighted by molar-refractivity contribution is 0.0698. The summed E-state index contributed by atoms with van der Waals surface area (Å²) in [6.07, 6.45) is 3.55. The highest BCUT2D eigenvalue weighted by molar-refractivity contribution is 6.04. The zero-order valence-electron chi connectivity index (χ0n) is 11.2. The van der Waals surface area contributed by atoms with Crippen molar-refractivity contribution in [2.24, 2.45) is 0 Å². The van der Waals surface area contributed by atoms with Gasteiger partial charge in [-0.3, -0.25) is 0 Å². The van der Waals surface area contributed by atoms with Crippen LogP contribution in [0.3, 0.4) is 0 Å². The van der Waals surface area contributed by atoms with Crippen molar-refractivity contribution in [2.75, 3.05) is 0 Å². The number of aromatic nitrogens is 3. The Morgan fingerprint density at radius 1 is 1.25 bits per heavy atom. The summed E-state index contributed by atoms with van der Waals surface area (Å²) in [4.78, 5) is 16.1. The van der Waals surface area contributed by atoms with Crippen molar-refractivity contribution >= 4 is 16.9 Å². The van der Waals surface area contributed by atoms with Crippen LogP contribution >= 0.6 is 0 Å². The average Bonchev–Trinajstić information content (AvgIpc) is 2.84. The Bertz CT molecular complexity index is 821. The summed E-state index contributed by atoms with van der Waals surface area (Å²) in [6, 6.07) is 7.24. The van der Waals surface area contributed by atoms with Gasteiger partial charge in [0.05, 0.1) is 17.3 Å². The van der Waals surface area contributed by atoms with Crippen molar-refractivity contribution in [1.29, 1.82) is 0 Å². The van der Waals surface area contributed by atoms with E-state index in [9.17, 15) is 9.90 Å². The lowest BCUT2D eigenvalue weighted by Crippen LogP contribution is -2.09. The maximum Gasteiger partial charge on any atom is 0.336 e. The monoisotopic (exact) mass is 267 g/mol. The Hall–Kier alpha value is -2.69. The maximum atomic E-state index is 11.6. The van der Waals surface area contributed by atoms with Crippen molar-refractivity contribution in [2.45, 2.75) is 13.8 Å². The van der Waals surface area contributed by atoms with Crippen LogP contribution in [0.15, 0.2) is 36.7 Å². The van der Waals surface area contributed by atoms with Gasteiger partial charge >= 0.3 is 5.97 Å². The fourth-order valence-electron chi connectivity index (χ4n) is 2.32. The molecule has 0 aliphatic heterocycles. The van der Waals surface area contributed by atoms with Crippen LogP contribution in [0, 0.1) is 13.8 Å². The molecule has 1 aromatic carbocycles. The van der Waals surface area contributed by atoms with Crippen molar-refractivity contribution in [3.63, 3.8) is 0 Å². The van der Waals surface area contributed by atoms with Crippen LogP contribution in [0.25, 0.3) is 16.7 Å². The molecule has 0 amide bonds. The van der Waals surface area contributed by atoms with Gasteiger partial charge in [0, 0.05) is 17.1 Å². The molecular weight excluding hydrogens is 254 g/mol. The number of rotatable bonds is 2. The Morgan fingerprint density at radius 3 is 2.65 bits per heavy atom. The van der Waals surface area contributed by atoms with Crippen molar-refractivity contribution in [3.05, 3.63) is 53.3 Å². The number of benzene rings is 1. The first-order valence-electron chi connectivity index (χ1n) is 6.22. The SMILES string of the molecule is Cc1cnn(-c2nc3ccccc3c(C(=O)O)c2C)c1. The molecule has 5 nitrogen and oxygen atoms in total. The lowest BCUT2D eigenvalue weighted by atomic mass is 10.0. The van der Waals surface area contributed by atoms with Crippen molar-refractivity contribution in [3.8, 4) is 5.82 Å². The van der Waals surface area contributed by atoms with Crippen LogP contribution < -0.4 is 0 Å². The average molecular weight is 267 g/mol. The fraction of sp³-hybridized carbons (Fsp3) is 0.133. The topological polar surface area (TPSA) is 68.0 Å². The highest BCUT2D eigenvalue weighted by Crippen LogP contribution is 2.25. The first-order chi connectivity index (χ1) is 9.58. The van der Waals surface area contributed by atoms with E-state index in [4.69, 9.17) is 0 Å². The van der Waals surface area contributed by atoms with Crippen LogP contribution in [0.1, 0.15) is 21.5 Å². The van der Waals surface area contributed by atoms with E-state index in [1.165, 1.54) is 0 Å². The molecule has 2 heterocycles. The predicted molar refractivity (Wildman–Crippen MR) is 75.3 cm³/mol. The summed E-state index contributed by atoms with van der Waals surface area (Å²) < 4.78 is 1.61. The molecule has 20 heavy (non-hydrogen) atoms. The molecule has 0 radical (unpaired) electrons. The van der Waals surface area contributed by atoms with Crippen LogP contribution in [0.5, 0.6) is 0 Å². The molecule has 100 valence electrons. The normalized spacial score (nSPS) is 10.9. The second-order valence-corrected chi connectivity index (χ2v) is 4.72. The molecule has 0 unspecified atom stereocenters. The van der Waals surface area contributed by atoms with E-state index < -0.39 is 5.97 Å². The van der Waals surface area contributed by atoms with E-state index in [1.807, 2.05) is 25.3 Å². The van der Waals surface area contributed by atoms with Crippen LogP contribution in [0.2, 0.25) is 0 Å². The number of hydrogen-bond acceptors (Lipinski definition) is 3. The number of carboxylic acid groups (broad SMARTS) is 1. The summed E-state index contributed by atoms with van der Waals surface area (Å²) >= 11 is 0. The largest absolute Gasteiger partial charge is 0.478 e. The molecule has 5 heteroatoms. The molecule has 0 aliphatic carbocycles. The number of carbonyl (C=O) groups is 1. The quantitative estimate of drug-likeness (QED) is 0.775. The van der Waals surface area contributed by atoms with Gasteiger partial charge in [-0.1, -0.05) is 18.2 Å². The standard InChI is InChI=1S/C15H13N3O2/c1-9-7-16-18(8-9)14-10(2)13(15(19)20)11-5-3-4-6-12(11)17-14/h3-8H,1-2H3,(H,19,20). The van der Waals surface area contributed by atoms with Gasteiger partial charge in [-0.15, -0.1) is 0 Å². The molecule has 2 aromatic heterocycles. The van der Waals surface area contributed by atoms with Crippen molar-refractivity contribution < 1.29 is 9.90 Å². The number of nitrogens with zero attached hydrogens (tertiary/aromatic N) is 3. The number of pyridine rings is 1. The number of aromatic carboxylic acids is 1. The third kappa shape index (κ3) is 1.84. The number of para-hydroxylation sites is 1. The summed E-state index contributed by atoms with van der Waals surface area (Å²) in [6.45, 7) is 3.69. The van der Waals surface area contributed by atoms with Crippen molar-refractivity contribution in [1.82, 2.24) is 14.8 Å². The highest BCUT2D eigenvalue weighted by atomic mass is 16.4. The minimum absolute atomic E-state index is 0.277. The summed E-state index contributed by atoms with van der Waals surface area (Å²) in [5, 5.41) is 14.3. The van der Waals surface area contributed by atoms with E-state index in [2.05, 4.69) is 10.1 Å². The first kappa shape index (κ1) is 12.3. The van der Waals surface area contributed by atoms with Gasteiger partial charge in [0.15, 0.2) is 5.82 Å². The van der Waals surface area contributed by atoms with Gasteiger partial charge in [0.25, 0.3) is 0 Å². The molecule has 1 N–H and O–H groups in total. The Balaban J connectivity index is 2.39. The molecule has 0 saturated carbocycles. The van der Waals surface area contributed by atoms with E-state index in [-0.39, 0.29) is 5.56 Å². The summed E-state index contributed by atoms with van der Waals surface area (Å²) in [5.41, 5.74) is 2.54. The number of hydrogen-bond donors (Lipinski definition) is 1. The Kier molecular flexibility index (Phi) is 2.75. The lowest BCUT2D eigenvalue weighted by Gasteiger charge is -2.11. The molecular formula is C15H13N3O2. The van der Waals surface area contributed by atoms with Gasteiger partial charge in [0.1, 0.15) is 0 Å². The first-order valence-corrected chi connectivity index (χ1v) is 6.22. The van der Waals surface area contributed by atoms with Gasteiger partial charge in [-0.2, -0.15) is 5.10 Å². The second-order valence-electron chi connectivity index (χ2n) is 4.72. The second kappa shape index (κ2) is 4.45. The van der Waals surface area contributed by atoms with Gasteiger partial charge < -0.3 is 5.11 Å². The fourth-order valence-corrected chi connectivity index (χ4v) is 2.32. The molecule has 0 bridgehead atoms. The number of aryl methyl sites for hydroxylation is 1. The molecule has 0 fully saturated rings. The smallest absolute Gasteiger partial charge is 0.336 e. The minimum Gasteiger partial charge on any atom is -0.478 e. The number of carboxylic acids is 1. The molecule has 0 atom stereocenters. The van der Waals surface area contributed by atoms with Crippen LogP contribution in [0.4, 0.5) is 0 Å². The Labute approximate surface area is 115 Å². The third-order valence-electron chi connectivity index (χ3n) is 3.25. The zero-order valence-corrected chi connectivity index (χ0v) is 11.2. The number of fused-ring (bicyclic) bond motifs is 1. The molecule has 0 aliphatic rings. The van der Waals surface area contributed by atoms with Gasteiger partial charge in [-0.25, -0.2) is 14.5 Å². The molecule has 0 spiro atoms. The molecule has 3 aromatic rings. The maximum absolute atomic E-state index is 11.6. The van der Waals surface area contributed by atoms with E-state index in [0.717, 1.165) is 5.56 Å². The van der Waals surface area contributed by atoms with Gasteiger partial charge in [-0.05, 0) is 25.5 Å². The summed E-state index contributed by atoms with van der Waals surface area (Å²) in [7, 11) is 0. The van der Waals surface area contributed by atoms with E-state index >= 15 is 0 Å². The predicted octanol–water partition coefficient (Wildman–Crippen LogP) is 2.74. The summed E-state index contributed by atoms with van der Waals surface area (Å²) in [5.74, 6) is -0.402. The van der Waals surface area contributed by atoms with E-state index in [0.29, 0.717) is 22.3 Å². The van der Waals surface area contributed by atoms with Crippen LogP contribution in [-0.2, 0) is 0 Å². The molecule has 0 saturated heterocycles. The third-order valence-corrected chi connectivity index (χ3v) is 3.25. The van der Waals surface area contributed by atoms with E-state index in [1.54, 1.807) is 29.9 Å². The molecule has 3 rings (SSSR count). The van der Waals surface area contributed by atoms with Crippen LogP contribution in [-0.4, -0.2) is 25.8 Å². The Morgan fingerprint density at radius 2 is 2.00 bits per heavy atom. The minimum atomic E-state index is -0.953. The zero-order chi connectivity index (χ0) is 14.3. The van der Waals surface area contributed by atoms with Gasteiger partial charge in [0.2, 0.25) is 0 Å².